The summed E-state index contributed by atoms with van der Waals surface area (Å²) in [6.07, 6.45) is 4.78. The van der Waals surface area contributed by atoms with Crippen LogP contribution in [0, 0.1) is 0 Å². The van der Waals surface area contributed by atoms with Crippen LogP contribution >= 0.6 is 0 Å². The highest BCUT2D eigenvalue weighted by Crippen LogP contribution is 2.28. The summed E-state index contributed by atoms with van der Waals surface area (Å²) in [7, 11) is 0. The molecular formula is C20H29N3. The van der Waals surface area contributed by atoms with E-state index in [1.54, 1.807) is 0 Å². The Kier molecular flexibility index (Phi) is 4.86. The van der Waals surface area contributed by atoms with E-state index in [1.807, 2.05) is 0 Å². The summed E-state index contributed by atoms with van der Waals surface area (Å²) < 4.78 is 0. The molecule has 0 aromatic heterocycles. The summed E-state index contributed by atoms with van der Waals surface area (Å²) in [6.45, 7) is 12.2. The smallest absolute Gasteiger partial charge is 0.135 e. The first-order valence-corrected chi connectivity index (χ1v) is 8.95. The molecule has 1 aromatic carbocycles. The second-order valence-electron chi connectivity index (χ2n) is 7.15. The van der Waals surface area contributed by atoms with Crippen molar-refractivity contribution < 1.29 is 0 Å². The third-order valence-corrected chi connectivity index (χ3v) is 4.85. The lowest BCUT2D eigenvalue weighted by molar-refractivity contribution is 0.181. The van der Waals surface area contributed by atoms with Gasteiger partial charge in [-0.05, 0) is 52.2 Å². The van der Waals surface area contributed by atoms with Crippen molar-refractivity contribution in [2.24, 2.45) is 4.99 Å². The molecule has 3 rings (SSSR count). The minimum absolute atomic E-state index is 0.542. The molecule has 23 heavy (non-hydrogen) atoms. The van der Waals surface area contributed by atoms with Crippen LogP contribution < -0.4 is 0 Å². The highest BCUT2D eigenvalue weighted by atomic mass is 15.3. The Bertz CT molecular complexity index is 605. The summed E-state index contributed by atoms with van der Waals surface area (Å²) in [5.74, 6) is 1.18. The maximum absolute atomic E-state index is 4.92. The topological polar surface area (TPSA) is 18.8 Å². The predicted octanol–water partition coefficient (Wildman–Crippen LogP) is 4.00. The lowest BCUT2D eigenvalue weighted by Gasteiger charge is -2.38. The van der Waals surface area contributed by atoms with Crippen molar-refractivity contribution in [2.45, 2.75) is 52.6 Å². The molecule has 0 unspecified atom stereocenters. The molecule has 1 aromatic rings. The fourth-order valence-corrected chi connectivity index (χ4v) is 3.63. The second-order valence-corrected chi connectivity index (χ2v) is 7.15. The summed E-state index contributed by atoms with van der Waals surface area (Å²) >= 11 is 0. The molecule has 0 fully saturated rings. The predicted molar refractivity (Wildman–Crippen MR) is 98.7 cm³/mol. The van der Waals surface area contributed by atoms with Crippen LogP contribution in [0.15, 0.2) is 35.0 Å². The van der Waals surface area contributed by atoms with E-state index >= 15 is 0 Å². The number of benzene rings is 1. The quantitative estimate of drug-likeness (QED) is 0.837. The minimum atomic E-state index is 0.542. The fourth-order valence-electron chi connectivity index (χ4n) is 3.63. The van der Waals surface area contributed by atoms with E-state index < -0.39 is 0 Å². The summed E-state index contributed by atoms with van der Waals surface area (Å²) in [6, 6.07) is 9.76. The van der Waals surface area contributed by atoms with Gasteiger partial charge in [-0.2, -0.15) is 0 Å². The van der Waals surface area contributed by atoms with Crippen LogP contribution in [0.3, 0.4) is 0 Å². The highest BCUT2D eigenvalue weighted by molar-refractivity contribution is 6.05. The molecule has 0 atom stereocenters. The average molecular weight is 311 g/mol. The van der Waals surface area contributed by atoms with Gasteiger partial charge in [0.1, 0.15) is 5.84 Å². The van der Waals surface area contributed by atoms with Gasteiger partial charge in [0.25, 0.3) is 0 Å². The number of fused-ring (bicyclic) bond motifs is 3. The lowest BCUT2D eigenvalue weighted by atomic mass is 9.99. The Morgan fingerprint density at radius 3 is 2.57 bits per heavy atom. The van der Waals surface area contributed by atoms with E-state index in [1.165, 1.54) is 35.5 Å². The molecule has 124 valence electrons. The van der Waals surface area contributed by atoms with Crippen molar-refractivity contribution >= 4 is 11.9 Å². The summed E-state index contributed by atoms with van der Waals surface area (Å²) in [4.78, 5) is 9.94. The van der Waals surface area contributed by atoms with Gasteiger partial charge < -0.3 is 4.90 Å². The Hall–Kier alpha value is -1.61. The van der Waals surface area contributed by atoms with Gasteiger partial charge in [0.15, 0.2) is 0 Å². The van der Waals surface area contributed by atoms with Crippen LogP contribution in [0.25, 0.3) is 6.08 Å². The molecule has 2 aliphatic heterocycles. The van der Waals surface area contributed by atoms with Gasteiger partial charge in [0.2, 0.25) is 0 Å². The van der Waals surface area contributed by atoms with Crippen molar-refractivity contribution in [3.63, 3.8) is 0 Å². The molecule has 0 aliphatic carbocycles. The van der Waals surface area contributed by atoms with Crippen molar-refractivity contribution in [3.05, 3.63) is 41.1 Å². The lowest BCUT2D eigenvalue weighted by Crippen LogP contribution is -2.44. The third kappa shape index (κ3) is 3.35. The molecule has 0 saturated carbocycles. The molecule has 0 spiro atoms. The van der Waals surface area contributed by atoms with Gasteiger partial charge in [-0.1, -0.05) is 24.3 Å². The number of hydrogen-bond acceptors (Lipinski definition) is 3. The molecule has 0 radical (unpaired) electrons. The van der Waals surface area contributed by atoms with E-state index in [9.17, 15) is 0 Å². The van der Waals surface area contributed by atoms with Crippen molar-refractivity contribution in [2.75, 3.05) is 19.6 Å². The molecule has 2 heterocycles. The van der Waals surface area contributed by atoms with Gasteiger partial charge in [0.05, 0.1) is 0 Å². The zero-order valence-corrected chi connectivity index (χ0v) is 14.9. The summed E-state index contributed by atoms with van der Waals surface area (Å²) in [5, 5.41) is 0. The molecule has 0 amide bonds. The average Bonchev–Trinajstić information content (AvgIpc) is 2.78. The number of nitrogens with zero attached hydrogens (tertiary/aromatic N) is 3. The minimum Gasteiger partial charge on any atom is -0.329 e. The standard InChI is InChI=1S/C20H29N3/c1-15(2)23(16(3)4)14-18-13-17-9-5-6-10-19(17)20-21-11-7-8-12-22(18)20/h5-6,9-10,13,15-16H,7-8,11-12,14H2,1-4H3. The molecular weight excluding hydrogens is 282 g/mol. The monoisotopic (exact) mass is 311 g/mol. The highest BCUT2D eigenvalue weighted by Gasteiger charge is 2.27. The van der Waals surface area contributed by atoms with E-state index in [0.717, 1.165) is 19.6 Å². The molecule has 0 bridgehead atoms. The van der Waals surface area contributed by atoms with Crippen LogP contribution in [-0.2, 0) is 0 Å². The van der Waals surface area contributed by atoms with Crippen LogP contribution in [0.5, 0.6) is 0 Å². The summed E-state index contributed by atoms with van der Waals surface area (Å²) in [5.41, 5.74) is 4.00. The van der Waals surface area contributed by atoms with E-state index in [2.05, 4.69) is 67.8 Å². The molecule has 3 nitrogen and oxygen atoms in total. The van der Waals surface area contributed by atoms with Gasteiger partial charge in [-0.3, -0.25) is 9.89 Å². The molecule has 3 heteroatoms. The van der Waals surface area contributed by atoms with Crippen molar-refractivity contribution in [1.82, 2.24) is 9.80 Å². The zero-order chi connectivity index (χ0) is 16.4. The number of aliphatic imine (C=N–C) groups is 1. The maximum Gasteiger partial charge on any atom is 0.135 e. The maximum atomic E-state index is 4.92. The molecule has 2 aliphatic rings. The van der Waals surface area contributed by atoms with Crippen molar-refractivity contribution in [3.8, 4) is 0 Å². The van der Waals surface area contributed by atoms with E-state index in [0.29, 0.717) is 12.1 Å². The number of amidine groups is 1. The van der Waals surface area contributed by atoms with Gasteiger partial charge in [-0.15, -0.1) is 0 Å². The molecule has 0 N–H and O–H groups in total. The first-order chi connectivity index (χ1) is 11.1. The first-order valence-electron chi connectivity index (χ1n) is 8.95. The van der Waals surface area contributed by atoms with E-state index in [-0.39, 0.29) is 0 Å². The zero-order valence-electron chi connectivity index (χ0n) is 14.9. The molecule has 0 saturated heterocycles. The largest absolute Gasteiger partial charge is 0.329 e. The van der Waals surface area contributed by atoms with Crippen LogP contribution in [0.4, 0.5) is 0 Å². The third-order valence-electron chi connectivity index (χ3n) is 4.85. The van der Waals surface area contributed by atoms with E-state index in [4.69, 9.17) is 4.99 Å². The van der Waals surface area contributed by atoms with Crippen LogP contribution in [-0.4, -0.2) is 47.4 Å². The van der Waals surface area contributed by atoms with Gasteiger partial charge in [0, 0.05) is 43.0 Å². The van der Waals surface area contributed by atoms with Crippen LogP contribution in [0.1, 0.15) is 51.7 Å². The fraction of sp³-hybridized carbons (Fsp3) is 0.550. The van der Waals surface area contributed by atoms with Crippen LogP contribution in [0.2, 0.25) is 0 Å². The van der Waals surface area contributed by atoms with Gasteiger partial charge >= 0.3 is 0 Å². The Labute approximate surface area is 140 Å². The Morgan fingerprint density at radius 1 is 1.09 bits per heavy atom. The van der Waals surface area contributed by atoms with Gasteiger partial charge in [-0.25, -0.2) is 0 Å². The SMILES string of the molecule is CC(C)N(CC1=Cc2ccccc2C2=NCCCCN12)C(C)C. The van der Waals surface area contributed by atoms with Crippen molar-refractivity contribution in [1.29, 1.82) is 0 Å². The first kappa shape index (κ1) is 16.3. The number of hydrogen-bond donors (Lipinski definition) is 0. The Balaban J connectivity index is 2.00. The Morgan fingerprint density at radius 2 is 1.83 bits per heavy atom. The second kappa shape index (κ2) is 6.88. The number of rotatable bonds is 4. The normalized spacial score (nSPS) is 17.8.